The third-order valence-corrected chi connectivity index (χ3v) is 3.42. The van der Waals surface area contributed by atoms with Crippen LogP contribution in [0.5, 0.6) is 0 Å². The Morgan fingerprint density at radius 1 is 1.33 bits per heavy atom. The number of ketones is 1. The Balaban J connectivity index is 2.11. The van der Waals surface area contributed by atoms with Gasteiger partial charge in [-0.2, -0.15) is 0 Å². The fourth-order valence-corrected chi connectivity index (χ4v) is 2.65. The molecule has 0 unspecified atom stereocenters. The molecule has 0 aromatic carbocycles. The standard InChI is InChI=1S/C10H17NO/c1-11-7-6-10(12)8-4-2-3-5-9(8)11/h8-9H,2-7H2,1H3/t8-,9+/m1/s1. The van der Waals surface area contributed by atoms with E-state index in [0.29, 0.717) is 17.7 Å². The zero-order valence-electron chi connectivity index (χ0n) is 7.75. The minimum absolute atomic E-state index is 0.387. The van der Waals surface area contributed by atoms with Gasteiger partial charge in [0, 0.05) is 24.9 Å². The number of hydrogen-bond acceptors (Lipinski definition) is 2. The molecule has 2 fully saturated rings. The van der Waals surface area contributed by atoms with Gasteiger partial charge in [0.25, 0.3) is 0 Å². The smallest absolute Gasteiger partial charge is 0.138 e. The van der Waals surface area contributed by atoms with Gasteiger partial charge in [-0.05, 0) is 19.9 Å². The number of carbonyl (C=O) groups is 1. The number of carbonyl (C=O) groups excluding carboxylic acids is 1. The quantitative estimate of drug-likeness (QED) is 0.544. The van der Waals surface area contributed by atoms with E-state index in [0.717, 1.165) is 19.4 Å². The maximum Gasteiger partial charge on any atom is 0.138 e. The Morgan fingerprint density at radius 3 is 2.83 bits per heavy atom. The number of nitrogens with zero attached hydrogens (tertiary/aromatic N) is 1. The highest BCUT2D eigenvalue weighted by molar-refractivity contribution is 5.82. The molecule has 0 aromatic heterocycles. The van der Waals surface area contributed by atoms with Gasteiger partial charge in [-0.3, -0.25) is 4.79 Å². The molecule has 0 bridgehead atoms. The minimum Gasteiger partial charge on any atom is -0.302 e. The van der Waals surface area contributed by atoms with Gasteiger partial charge < -0.3 is 4.90 Å². The lowest BCUT2D eigenvalue weighted by Gasteiger charge is -2.41. The Morgan fingerprint density at radius 2 is 2.08 bits per heavy atom. The van der Waals surface area contributed by atoms with E-state index in [2.05, 4.69) is 11.9 Å². The van der Waals surface area contributed by atoms with E-state index in [9.17, 15) is 4.79 Å². The number of likely N-dealkylation sites (tertiary alicyclic amines) is 1. The Hall–Kier alpha value is -0.370. The Kier molecular flexibility index (Phi) is 2.18. The summed E-state index contributed by atoms with van der Waals surface area (Å²) in [7, 11) is 2.16. The number of hydrogen-bond donors (Lipinski definition) is 0. The third-order valence-electron chi connectivity index (χ3n) is 3.42. The maximum atomic E-state index is 11.5. The van der Waals surface area contributed by atoms with Crippen LogP contribution >= 0.6 is 0 Å². The van der Waals surface area contributed by atoms with E-state index in [1.165, 1.54) is 19.3 Å². The average molecular weight is 167 g/mol. The summed E-state index contributed by atoms with van der Waals surface area (Å²) in [4.78, 5) is 13.9. The first kappa shape index (κ1) is 8.24. The topological polar surface area (TPSA) is 20.3 Å². The van der Waals surface area contributed by atoms with Gasteiger partial charge in [0.15, 0.2) is 0 Å². The van der Waals surface area contributed by atoms with Crippen LogP contribution in [0, 0.1) is 5.92 Å². The maximum absolute atomic E-state index is 11.5. The third kappa shape index (κ3) is 1.28. The van der Waals surface area contributed by atoms with Crippen LogP contribution in [-0.2, 0) is 4.79 Å². The van der Waals surface area contributed by atoms with Gasteiger partial charge in [0.2, 0.25) is 0 Å². The summed E-state index contributed by atoms with van der Waals surface area (Å²) in [6.07, 6.45) is 5.76. The lowest BCUT2D eigenvalue weighted by molar-refractivity contribution is -0.130. The first-order valence-electron chi connectivity index (χ1n) is 5.02. The molecule has 2 aliphatic rings. The molecule has 1 aliphatic heterocycles. The van der Waals surface area contributed by atoms with Gasteiger partial charge in [-0.15, -0.1) is 0 Å². The second-order valence-electron chi connectivity index (χ2n) is 4.16. The summed E-state index contributed by atoms with van der Waals surface area (Å²) >= 11 is 0. The molecule has 1 heterocycles. The van der Waals surface area contributed by atoms with Crippen molar-refractivity contribution in [1.82, 2.24) is 4.90 Å². The van der Waals surface area contributed by atoms with Crippen LogP contribution in [0.2, 0.25) is 0 Å². The average Bonchev–Trinajstić information content (AvgIpc) is 2.12. The highest BCUT2D eigenvalue weighted by Crippen LogP contribution is 2.32. The van der Waals surface area contributed by atoms with Crippen LogP contribution in [0.3, 0.4) is 0 Å². The molecular formula is C10H17NO. The van der Waals surface area contributed by atoms with Crippen LogP contribution in [-0.4, -0.2) is 30.3 Å². The second-order valence-corrected chi connectivity index (χ2v) is 4.16. The van der Waals surface area contributed by atoms with Crippen LogP contribution in [0.25, 0.3) is 0 Å². The summed E-state index contributed by atoms with van der Waals surface area (Å²) in [5.41, 5.74) is 0. The van der Waals surface area contributed by atoms with Gasteiger partial charge in [0.1, 0.15) is 5.78 Å². The summed E-state index contributed by atoms with van der Waals surface area (Å²) in [5, 5.41) is 0. The second kappa shape index (κ2) is 3.17. The fourth-order valence-electron chi connectivity index (χ4n) is 2.65. The largest absolute Gasteiger partial charge is 0.302 e. The summed E-state index contributed by atoms with van der Waals surface area (Å²) < 4.78 is 0. The van der Waals surface area contributed by atoms with Crippen molar-refractivity contribution < 1.29 is 4.79 Å². The highest BCUT2D eigenvalue weighted by atomic mass is 16.1. The molecule has 68 valence electrons. The molecule has 0 aromatic rings. The monoisotopic (exact) mass is 167 g/mol. The Bertz CT molecular complexity index is 190. The van der Waals surface area contributed by atoms with Crippen molar-refractivity contribution in [3.63, 3.8) is 0 Å². The molecule has 12 heavy (non-hydrogen) atoms. The predicted molar refractivity (Wildman–Crippen MR) is 48.0 cm³/mol. The van der Waals surface area contributed by atoms with Crippen LogP contribution in [0.1, 0.15) is 32.1 Å². The molecule has 0 radical (unpaired) electrons. The molecule has 0 N–H and O–H groups in total. The predicted octanol–water partition coefficient (Wildman–Crippen LogP) is 1.45. The van der Waals surface area contributed by atoms with E-state index >= 15 is 0 Å². The van der Waals surface area contributed by atoms with E-state index < -0.39 is 0 Å². The first-order chi connectivity index (χ1) is 5.79. The molecule has 0 spiro atoms. The highest BCUT2D eigenvalue weighted by Gasteiger charge is 2.36. The van der Waals surface area contributed by atoms with Crippen molar-refractivity contribution in [2.24, 2.45) is 5.92 Å². The zero-order valence-corrected chi connectivity index (χ0v) is 7.75. The van der Waals surface area contributed by atoms with Crippen molar-refractivity contribution in [2.45, 2.75) is 38.1 Å². The van der Waals surface area contributed by atoms with Gasteiger partial charge in [-0.1, -0.05) is 12.8 Å². The van der Waals surface area contributed by atoms with Gasteiger partial charge >= 0.3 is 0 Å². The van der Waals surface area contributed by atoms with E-state index in [-0.39, 0.29) is 0 Å². The van der Waals surface area contributed by atoms with E-state index in [1.807, 2.05) is 0 Å². The molecule has 1 saturated heterocycles. The van der Waals surface area contributed by atoms with Crippen LogP contribution < -0.4 is 0 Å². The molecular weight excluding hydrogens is 150 g/mol. The molecule has 1 aliphatic carbocycles. The van der Waals surface area contributed by atoms with Crippen molar-refractivity contribution >= 4 is 5.78 Å². The molecule has 2 nitrogen and oxygen atoms in total. The van der Waals surface area contributed by atoms with Gasteiger partial charge in [0.05, 0.1) is 0 Å². The molecule has 2 rings (SSSR count). The summed E-state index contributed by atoms with van der Waals surface area (Å²) in [6.45, 7) is 0.986. The van der Waals surface area contributed by atoms with Crippen LogP contribution in [0.15, 0.2) is 0 Å². The lowest BCUT2D eigenvalue weighted by atomic mass is 9.78. The Labute approximate surface area is 73.9 Å². The van der Waals surface area contributed by atoms with Crippen LogP contribution in [0.4, 0.5) is 0 Å². The molecule has 2 heteroatoms. The normalized spacial score (nSPS) is 37.9. The molecule has 2 atom stereocenters. The summed E-state index contributed by atoms with van der Waals surface area (Å²) in [6, 6.07) is 0.583. The van der Waals surface area contributed by atoms with Crippen molar-refractivity contribution in [2.75, 3.05) is 13.6 Å². The SMILES string of the molecule is CN1CCC(=O)[C@@H]2CCCC[C@@H]21. The molecule has 0 amide bonds. The number of Topliss-reactive ketones (excluding diaryl/α,β-unsaturated/α-hetero) is 1. The fraction of sp³-hybridized carbons (Fsp3) is 0.900. The minimum atomic E-state index is 0.387. The van der Waals surface area contributed by atoms with E-state index in [4.69, 9.17) is 0 Å². The summed E-state index contributed by atoms with van der Waals surface area (Å²) in [5.74, 6) is 0.912. The lowest BCUT2D eigenvalue weighted by Crippen LogP contribution is -2.48. The van der Waals surface area contributed by atoms with Crippen molar-refractivity contribution in [3.05, 3.63) is 0 Å². The number of rotatable bonds is 0. The number of piperidine rings is 1. The number of fused-ring (bicyclic) bond motifs is 1. The first-order valence-corrected chi connectivity index (χ1v) is 5.02. The molecule has 1 saturated carbocycles. The van der Waals surface area contributed by atoms with Crippen molar-refractivity contribution in [1.29, 1.82) is 0 Å². The van der Waals surface area contributed by atoms with E-state index in [1.54, 1.807) is 0 Å². The van der Waals surface area contributed by atoms with Gasteiger partial charge in [-0.25, -0.2) is 0 Å². The zero-order chi connectivity index (χ0) is 8.55. The van der Waals surface area contributed by atoms with Crippen molar-refractivity contribution in [3.8, 4) is 0 Å².